The van der Waals surface area contributed by atoms with E-state index in [0.717, 1.165) is 22.1 Å². The van der Waals surface area contributed by atoms with E-state index in [1.807, 2.05) is 103 Å². The average Bonchev–Trinajstić information content (AvgIpc) is 2.69. The van der Waals surface area contributed by atoms with Crippen molar-refractivity contribution in [2.75, 3.05) is 4.90 Å². The summed E-state index contributed by atoms with van der Waals surface area (Å²) in [5, 5.41) is 2.14. The molecule has 0 atom stereocenters. The third-order valence-electron chi connectivity index (χ3n) is 4.13. The van der Waals surface area contributed by atoms with Gasteiger partial charge in [0.1, 0.15) is 23.8 Å². The molecular formula is C22H17N2O+. The molecule has 3 heteroatoms. The van der Waals surface area contributed by atoms with E-state index in [-0.39, 0.29) is 6.03 Å². The largest absolute Gasteiger partial charge is 0.508 e. The van der Waals surface area contributed by atoms with E-state index in [1.54, 1.807) is 9.47 Å². The van der Waals surface area contributed by atoms with Gasteiger partial charge in [-0.05, 0) is 35.7 Å². The van der Waals surface area contributed by atoms with Gasteiger partial charge in [0.05, 0.1) is 0 Å². The molecule has 4 aromatic rings. The van der Waals surface area contributed by atoms with E-state index in [0.29, 0.717) is 0 Å². The summed E-state index contributed by atoms with van der Waals surface area (Å²) in [4.78, 5) is 15.0. The number of benzene rings is 3. The van der Waals surface area contributed by atoms with Gasteiger partial charge in [-0.2, -0.15) is 14.3 Å². The molecule has 25 heavy (non-hydrogen) atoms. The van der Waals surface area contributed by atoms with Crippen LogP contribution in [-0.2, 0) is 0 Å². The van der Waals surface area contributed by atoms with Gasteiger partial charge in [0.25, 0.3) is 0 Å². The van der Waals surface area contributed by atoms with Crippen molar-refractivity contribution in [2.24, 2.45) is 0 Å². The number of carbonyl (C=O) groups excluding carboxylic acids is 1. The first-order valence-corrected chi connectivity index (χ1v) is 8.17. The second-order valence-corrected chi connectivity index (χ2v) is 5.77. The quantitative estimate of drug-likeness (QED) is 0.479. The Balaban J connectivity index is 1.82. The van der Waals surface area contributed by atoms with Gasteiger partial charge < -0.3 is 0 Å². The number of carbonyl (C=O) groups is 1. The highest BCUT2D eigenvalue weighted by atomic mass is 16.2. The smallest absolute Gasteiger partial charge is 0.196 e. The van der Waals surface area contributed by atoms with Crippen LogP contribution in [0.1, 0.15) is 0 Å². The van der Waals surface area contributed by atoms with E-state index in [2.05, 4.69) is 0 Å². The number of fused-ring (bicyclic) bond motifs is 1. The van der Waals surface area contributed by atoms with Crippen LogP contribution in [0.15, 0.2) is 103 Å². The maximum atomic E-state index is 13.3. The van der Waals surface area contributed by atoms with Crippen LogP contribution in [0.3, 0.4) is 0 Å². The zero-order valence-corrected chi connectivity index (χ0v) is 13.6. The minimum Gasteiger partial charge on any atom is -0.196 e. The van der Waals surface area contributed by atoms with E-state index in [4.69, 9.17) is 0 Å². The SMILES string of the molecule is O=C(N(c1ccccc1)c1ccccc1)[n+]1ccc2ccccc2c1. The van der Waals surface area contributed by atoms with Gasteiger partial charge in [0.15, 0.2) is 0 Å². The van der Waals surface area contributed by atoms with Gasteiger partial charge in [0, 0.05) is 5.39 Å². The summed E-state index contributed by atoms with van der Waals surface area (Å²) in [5.74, 6) is 0. The first kappa shape index (κ1) is 15.1. The Bertz CT molecular complexity index is 974. The Hall–Kier alpha value is -3.46. The van der Waals surface area contributed by atoms with Crippen molar-refractivity contribution >= 4 is 28.2 Å². The summed E-state index contributed by atoms with van der Waals surface area (Å²) in [7, 11) is 0. The molecule has 0 spiro atoms. The summed E-state index contributed by atoms with van der Waals surface area (Å²) in [5.41, 5.74) is 1.67. The van der Waals surface area contributed by atoms with Crippen molar-refractivity contribution in [3.8, 4) is 0 Å². The number of nitrogens with zero attached hydrogens (tertiary/aromatic N) is 2. The fourth-order valence-electron chi connectivity index (χ4n) is 2.89. The van der Waals surface area contributed by atoms with Crippen molar-refractivity contribution in [2.45, 2.75) is 0 Å². The van der Waals surface area contributed by atoms with Crippen molar-refractivity contribution in [1.29, 1.82) is 0 Å². The summed E-state index contributed by atoms with van der Waals surface area (Å²) < 4.78 is 1.63. The summed E-state index contributed by atoms with van der Waals surface area (Å²) in [6.45, 7) is 0. The van der Waals surface area contributed by atoms with Gasteiger partial charge in [-0.3, -0.25) is 0 Å². The van der Waals surface area contributed by atoms with Gasteiger partial charge in [-0.25, -0.2) is 0 Å². The molecule has 0 aliphatic heterocycles. The number of aromatic nitrogens is 1. The fourth-order valence-corrected chi connectivity index (χ4v) is 2.89. The van der Waals surface area contributed by atoms with E-state index in [1.165, 1.54) is 0 Å². The zero-order valence-electron chi connectivity index (χ0n) is 13.6. The average molecular weight is 325 g/mol. The molecule has 0 aliphatic rings. The number of anilines is 2. The van der Waals surface area contributed by atoms with Crippen LogP contribution < -0.4 is 9.47 Å². The van der Waals surface area contributed by atoms with Gasteiger partial charge in [-0.15, -0.1) is 0 Å². The highest BCUT2D eigenvalue weighted by Crippen LogP contribution is 2.25. The van der Waals surface area contributed by atoms with Gasteiger partial charge in [-0.1, -0.05) is 60.7 Å². The number of pyridine rings is 1. The molecule has 0 saturated heterocycles. The number of rotatable bonds is 2. The molecular weight excluding hydrogens is 308 g/mol. The molecule has 0 fully saturated rings. The second kappa shape index (κ2) is 6.57. The third-order valence-corrected chi connectivity index (χ3v) is 4.13. The lowest BCUT2D eigenvalue weighted by molar-refractivity contribution is -0.567. The molecule has 3 aromatic carbocycles. The predicted molar refractivity (Wildman–Crippen MR) is 100.0 cm³/mol. The van der Waals surface area contributed by atoms with Crippen LogP contribution in [0.25, 0.3) is 10.8 Å². The highest BCUT2D eigenvalue weighted by molar-refractivity contribution is 5.94. The van der Waals surface area contributed by atoms with Crippen LogP contribution in [0.4, 0.5) is 16.2 Å². The van der Waals surface area contributed by atoms with E-state index < -0.39 is 0 Å². The normalized spacial score (nSPS) is 10.6. The monoisotopic (exact) mass is 325 g/mol. The molecule has 1 heterocycles. The minimum absolute atomic E-state index is 0.122. The van der Waals surface area contributed by atoms with E-state index in [9.17, 15) is 4.79 Å². The molecule has 1 amide bonds. The zero-order chi connectivity index (χ0) is 17.1. The van der Waals surface area contributed by atoms with Crippen LogP contribution in [0.2, 0.25) is 0 Å². The van der Waals surface area contributed by atoms with Crippen molar-refractivity contribution in [1.82, 2.24) is 0 Å². The first-order valence-electron chi connectivity index (χ1n) is 8.17. The molecule has 120 valence electrons. The van der Waals surface area contributed by atoms with Crippen molar-refractivity contribution in [3.05, 3.63) is 103 Å². The molecule has 3 nitrogen and oxygen atoms in total. The van der Waals surface area contributed by atoms with Gasteiger partial charge >= 0.3 is 6.03 Å². The lowest BCUT2D eigenvalue weighted by Gasteiger charge is -2.15. The van der Waals surface area contributed by atoms with Crippen molar-refractivity contribution < 1.29 is 9.36 Å². The molecule has 1 aromatic heterocycles. The molecule has 0 unspecified atom stereocenters. The molecule has 0 radical (unpaired) electrons. The van der Waals surface area contributed by atoms with Gasteiger partial charge in [0.2, 0.25) is 0 Å². The topological polar surface area (TPSA) is 24.2 Å². The lowest BCUT2D eigenvalue weighted by atomic mass is 10.2. The Morgan fingerprint density at radius 3 is 1.76 bits per heavy atom. The minimum atomic E-state index is -0.122. The molecule has 0 aliphatic carbocycles. The lowest BCUT2D eigenvalue weighted by Crippen LogP contribution is -2.50. The predicted octanol–water partition coefficient (Wildman–Crippen LogP) is 4.93. The van der Waals surface area contributed by atoms with Crippen LogP contribution >= 0.6 is 0 Å². The Kier molecular flexibility index (Phi) is 3.97. The molecule has 0 bridgehead atoms. The summed E-state index contributed by atoms with van der Waals surface area (Å²) in [6, 6.07) is 29.2. The third kappa shape index (κ3) is 3.00. The van der Waals surface area contributed by atoms with Crippen LogP contribution in [0, 0.1) is 0 Å². The van der Waals surface area contributed by atoms with Crippen molar-refractivity contribution in [3.63, 3.8) is 0 Å². The molecule has 4 rings (SSSR count). The molecule has 0 N–H and O–H groups in total. The number of para-hydroxylation sites is 2. The highest BCUT2D eigenvalue weighted by Gasteiger charge is 2.28. The Morgan fingerprint density at radius 2 is 1.16 bits per heavy atom. The summed E-state index contributed by atoms with van der Waals surface area (Å²) in [6.07, 6.45) is 3.68. The maximum absolute atomic E-state index is 13.3. The summed E-state index contributed by atoms with van der Waals surface area (Å²) >= 11 is 0. The maximum Gasteiger partial charge on any atom is 0.508 e. The second-order valence-electron chi connectivity index (χ2n) is 5.77. The van der Waals surface area contributed by atoms with Crippen LogP contribution in [-0.4, -0.2) is 6.03 Å². The number of hydrogen-bond acceptors (Lipinski definition) is 1. The molecule has 0 saturated carbocycles. The fraction of sp³-hybridized carbons (Fsp3) is 0. The number of amides is 1. The van der Waals surface area contributed by atoms with E-state index >= 15 is 0 Å². The number of hydrogen-bond donors (Lipinski definition) is 0. The Morgan fingerprint density at radius 1 is 0.640 bits per heavy atom. The van der Waals surface area contributed by atoms with Crippen LogP contribution in [0.5, 0.6) is 0 Å². The Labute approximate surface area is 146 Å². The first-order chi connectivity index (χ1) is 12.3. The standard InChI is InChI=1S/C22H17N2O/c25-22(23-16-15-18-9-7-8-10-19(18)17-23)24(20-11-3-1-4-12-20)21-13-5-2-6-14-21/h1-17H/q+1.